The molecular weight excluding hydrogens is 327 g/mol. The molecule has 0 saturated heterocycles. The predicted octanol–water partition coefficient (Wildman–Crippen LogP) is 3.07. The number of fused-ring (bicyclic) bond motifs is 1. The van der Waals surface area contributed by atoms with E-state index in [9.17, 15) is 9.18 Å². The SMILES string of the molecule is NC(c1ccc2[nH]c(=O)oc2c1)c1c(F)cccc1Br. The van der Waals surface area contributed by atoms with E-state index in [1.807, 2.05) is 0 Å². The number of halogens is 2. The van der Waals surface area contributed by atoms with E-state index in [2.05, 4.69) is 20.9 Å². The Bertz CT molecular complexity index is 820. The number of benzene rings is 2. The Morgan fingerprint density at radius 1 is 1.30 bits per heavy atom. The Morgan fingerprint density at radius 2 is 2.10 bits per heavy atom. The zero-order chi connectivity index (χ0) is 14.3. The van der Waals surface area contributed by atoms with Crippen LogP contribution in [0.1, 0.15) is 17.2 Å². The summed E-state index contributed by atoms with van der Waals surface area (Å²) in [5.41, 5.74) is 8.12. The molecule has 3 rings (SSSR count). The first-order valence-corrected chi connectivity index (χ1v) is 6.68. The Hall–Kier alpha value is -1.92. The van der Waals surface area contributed by atoms with E-state index in [1.54, 1.807) is 30.3 Å². The summed E-state index contributed by atoms with van der Waals surface area (Å²) >= 11 is 3.30. The first-order valence-electron chi connectivity index (χ1n) is 5.88. The number of rotatable bonds is 2. The third kappa shape index (κ3) is 2.17. The van der Waals surface area contributed by atoms with Crippen molar-refractivity contribution in [2.45, 2.75) is 6.04 Å². The van der Waals surface area contributed by atoms with Gasteiger partial charge in [-0.3, -0.25) is 4.98 Å². The summed E-state index contributed by atoms with van der Waals surface area (Å²) < 4.78 is 19.5. The van der Waals surface area contributed by atoms with Crippen molar-refractivity contribution in [2.75, 3.05) is 0 Å². The molecule has 0 spiro atoms. The molecule has 0 amide bonds. The molecular formula is C14H10BrFN2O2. The molecule has 0 saturated carbocycles. The Balaban J connectivity index is 2.12. The largest absolute Gasteiger partial charge is 0.417 e. The van der Waals surface area contributed by atoms with Crippen LogP contribution in [0.15, 0.2) is 50.1 Å². The van der Waals surface area contributed by atoms with Crippen molar-refractivity contribution in [3.8, 4) is 0 Å². The first kappa shape index (κ1) is 13.1. The van der Waals surface area contributed by atoms with Crippen LogP contribution in [0.5, 0.6) is 0 Å². The van der Waals surface area contributed by atoms with Crippen LogP contribution in [0, 0.1) is 5.82 Å². The van der Waals surface area contributed by atoms with Crippen molar-refractivity contribution in [1.29, 1.82) is 0 Å². The zero-order valence-corrected chi connectivity index (χ0v) is 11.8. The van der Waals surface area contributed by atoms with Crippen molar-refractivity contribution in [3.05, 3.63) is 68.4 Å². The average molecular weight is 337 g/mol. The van der Waals surface area contributed by atoms with Gasteiger partial charge in [0.15, 0.2) is 5.58 Å². The number of aromatic nitrogens is 1. The van der Waals surface area contributed by atoms with Crippen LogP contribution in [-0.2, 0) is 0 Å². The fourth-order valence-corrected chi connectivity index (χ4v) is 2.72. The van der Waals surface area contributed by atoms with Gasteiger partial charge in [-0.15, -0.1) is 0 Å². The number of H-pyrrole nitrogens is 1. The van der Waals surface area contributed by atoms with Gasteiger partial charge in [0, 0.05) is 10.0 Å². The van der Waals surface area contributed by atoms with Crippen molar-refractivity contribution in [1.82, 2.24) is 4.98 Å². The molecule has 0 aliphatic rings. The van der Waals surface area contributed by atoms with Crippen LogP contribution < -0.4 is 11.5 Å². The maximum Gasteiger partial charge on any atom is 0.417 e. The fraction of sp³-hybridized carbons (Fsp3) is 0.0714. The third-order valence-corrected chi connectivity index (χ3v) is 3.81. The molecule has 20 heavy (non-hydrogen) atoms. The number of aromatic amines is 1. The van der Waals surface area contributed by atoms with Gasteiger partial charge < -0.3 is 10.2 Å². The Kier molecular flexibility index (Phi) is 3.19. The van der Waals surface area contributed by atoms with Crippen molar-refractivity contribution < 1.29 is 8.81 Å². The van der Waals surface area contributed by atoms with Gasteiger partial charge in [-0.2, -0.15) is 0 Å². The van der Waals surface area contributed by atoms with Crippen LogP contribution in [-0.4, -0.2) is 4.98 Å². The highest BCUT2D eigenvalue weighted by Gasteiger charge is 2.17. The van der Waals surface area contributed by atoms with Crippen LogP contribution in [0.4, 0.5) is 4.39 Å². The smallest absolute Gasteiger partial charge is 0.408 e. The molecule has 0 aliphatic carbocycles. The molecule has 2 aromatic carbocycles. The molecule has 4 nitrogen and oxygen atoms in total. The summed E-state index contributed by atoms with van der Waals surface area (Å²) in [6.45, 7) is 0. The number of nitrogens with two attached hydrogens (primary N) is 1. The lowest BCUT2D eigenvalue weighted by molar-refractivity contribution is 0.554. The summed E-state index contributed by atoms with van der Waals surface area (Å²) in [5, 5.41) is 0. The molecule has 3 N–H and O–H groups in total. The van der Waals surface area contributed by atoms with Gasteiger partial charge in [0.2, 0.25) is 0 Å². The molecule has 1 aromatic heterocycles. The summed E-state index contributed by atoms with van der Waals surface area (Å²) in [6.07, 6.45) is 0. The lowest BCUT2D eigenvalue weighted by atomic mass is 9.99. The average Bonchev–Trinajstić information content (AvgIpc) is 2.77. The molecule has 6 heteroatoms. The molecule has 0 aliphatic heterocycles. The second-order valence-electron chi connectivity index (χ2n) is 4.38. The van der Waals surface area contributed by atoms with E-state index in [4.69, 9.17) is 10.2 Å². The van der Waals surface area contributed by atoms with Gasteiger partial charge in [-0.25, -0.2) is 9.18 Å². The van der Waals surface area contributed by atoms with E-state index >= 15 is 0 Å². The normalized spacial score (nSPS) is 12.8. The van der Waals surface area contributed by atoms with Crippen LogP contribution in [0.25, 0.3) is 11.1 Å². The molecule has 102 valence electrons. The zero-order valence-electron chi connectivity index (χ0n) is 10.2. The lowest BCUT2D eigenvalue weighted by Gasteiger charge is -2.15. The number of hydrogen-bond acceptors (Lipinski definition) is 3. The Labute approximate surface area is 121 Å². The predicted molar refractivity (Wildman–Crippen MR) is 77.0 cm³/mol. The van der Waals surface area contributed by atoms with Gasteiger partial charge in [0.1, 0.15) is 5.82 Å². The van der Waals surface area contributed by atoms with Gasteiger partial charge in [-0.1, -0.05) is 28.1 Å². The quantitative estimate of drug-likeness (QED) is 0.755. The van der Waals surface area contributed by atoms with Crippen LogP contribution >= 0.6 is 15.9 Å². The highest BCUT2D eigenvalue weighted by Crippen LogP contribution is 2.30. The minimum absolute atomic E-state index is 0.365. The van der Waals surface area contributed by atoms with E-state index in [-0.39, 0.29) is 5.82 Å². The van der Waals surface area contributed by atoms with E-state index < -0.39 is 11.8 Å². The van der Waals surface area contributed by atoms with Gasteiger partial charge in [0.25, 0.3) is 0 Å². The topological polar surface area (TPSA) is 72.0 Å². The van der Waals surface area contributed by atoms with Crippen molar-refractivity contribution >= 4 is 27.0 Å². The Morgan fingerprint density at radius 3 is 2.85 bits per heavy atom. The lowest BCUT2D eigenvalue weighted by Crippen LogP contribution is -2.14. The van der Waals surface area contributed by atoms with E-state index in [0.29, 0.717) is 26.7 Å². The van der Waals surface area contributed by atoms with Gasteiger partial charge in [-0.05, 0) is 29.8 Å². The molecule has 1 heterocycles. The van der Waals surface area contributed by atoms with E-state index in [0.717, 1.165) is 0 Å². The minimum Gasteiger partial charge on any atom is -0.408 e. The van der Waals surface area contributed by atoms with Crippen LogP contribution in [0.2, 0.25) is 0 Å². The molecule has 3 aromatic rings. The summed E-state index contributed by atoms with van der Waals surface area (Å²) in [6, 6.07) is 9.08. The second kappa shape index (κ2) is 4.88. The fourth-order valence-electron chi connectivity index (χ4n) is 2.13. The molecule has 0 fully saturated rings. The van der Waals surface area contributed by atoms with Crippen molar-refractivity contribution in [2.24, 2.45) is 5.73 Å². The maximum absolute atomic E-state index is 13.9. The van der Waals surface area contributed by atoms with Crippen molar-refractivity contribution in [3.63, 3.8) is 0 Å². The maximum atomic E-state index is 13.9. The summed E-state index contributed by atoms with van der Waals surface area (Å²) in [7, 11) is 0. The summed E-state index contributed by atoms with van der Waals surface area (Å²) in [4.78, 5) is 13.7. The molecule has 1 unspecified atom stereocenters. The highest BCUT2D eigenvalue weighted by atomic mass is 79.9. The molecule has 1 atom stereocenters. The van der Waals surface area contributed by atoms with Gasteiger partial charge >= 0.3 is 5.76 Å². The number of oxazole rings is 1. The summed E-state index contributed by atoms with van der Waals surface area (Å²) in [5.74, 6) is -0.916. The molecule has 0 radical (unpaired) electrons. The first-order chi connectivity index (χ1) is 9.56. The molecule has 0 bridgehead atoms. The minimum atomic E-state index is -0.657. The van der Waals surface area contributed by atoms with Gasteiger partial charge in [0.05, 0.1) is 11.6 Å². The standard InChI is InChI=1S/C14H10BrFN2O2/c15-8-2-1-3-9(16)12(8)13(17)7-4-5-10-11(6-7)20-14(19)18-10/h1-6,13H,17H2,(H,18,19). The van der Waals surface area contributed by atoms with Crippen LogP contribution in [0.3, 0.4) is 0 Å². The third-order valence-electron chi connectivity index (χ3n) is 3.11. The number of nitrogens with one attached hydrogen (secondary N) is 1. The number of hydrogen-bond donors (Lipinski definition) is 2. The van der Waals surface area contributed by atoms with E-state index in [1.165, 1.54) is 6.07 Å². The monoisotopic (exact) mass is 336 g/mol. The second-order valence-corrected chi connectivity index (χ2v) is 5.24. The highest BCUT2D eigenvalue weighted by molar-refractivity contribution is 9.10.